The van der Waals surface area contributed by atoms with Gasteiger partial charge in [0.1, 0.15) is 0 Å². The third-order valence-corrected chi connectivity index (χ3v) is 4.11. The molecule has 0 aromatic heterocycles. The fourth-order valence-corrected chi connectivity index (χ4v) is 2.76. The van der Waals surface area contributed by atoms with Gasteiger partial charge in [-0.15, -0.1) is 0 Å². The van der Waals surface area contributed by atoms with Crippen molar-refractivity contribution in [2.45, 2.75) is 90.4 Å². The number of hydrogen-bond donors (Lipinski definition) is 0. The predicted octanol–water partition coefficient (Wildman–Crippen LogP) is 6.73. The van der Waals surface area contributed by atoms with Gasteiger partial charge in [0.2, 0.25) is 0 Å². The Hall–Kier alpha value is -0.157. The Morgan fingerprint density at radius 3 is 1.57 bits per heavy atom. The van der Waals surface area contributed by atoms with Crippen molar-refractivity contribution in [2.75, 3.05) is 0 Å². The monoisotopic (exact) mass is 337 g/mol. The summed E-state index contributed by atoms with van der Waals surface area (Å²) in [4.78, 5) is 0. The van der Waals surface area contributed by atoms with Crippen molar-refractivity contribution < 1.29 is 19.5 Å². The van der Waals surface area contributed by atoms with E-state index in [1.165, 1.54) is 89.0 Å². The standard InChI is InChI=1S/C20H33.Zn/c1-2-3-4-5-6-7-8-9-10-11-12-14-17-20-18-15-13-16-19-20;/h15-16,18-19H,2-12,14,17H2,1H3;. The first-order chi connectivity index (χ1) is 9.93. The van der Waals surface area contributed by atoms with Crippen LogP contribution in [0.4, 0.5) is 0 Å². The smallest absolute Gasteiger partial charge is 0 e. The second kappa shape index (κ2) is 16.2. The Kier molecular flexibility index (Phi) is 16.1. The Bertz CT molecular complexity index is 294. The van der Waals surface area contributed by atoms with Gasteiger partial charge in [-0.1, -0.05) is 102 Å². The fraction of sp³-hybridized carbons (Fsp3) is 0.700. The first-order valence-electron chi connectivity index (χ1n) is 8.88. The molecule has 0 saturated heterocycles. The summed E-state index contributed by atoms with van der Waals surface area (Å²) in [6.45, 7) is 2.29. The zero-order valence-corrected chi connectivity index (χ0v) is 17.2. The van der Waals surface area contributed by atoms with Crippen LogP contribution < -0.4 is 0 Å². The van der Waals surface area contributed by atoms with Crippen LogP contribution in [-0.2, 0) is 25.9 Å². The molecule has 0 heterocycles. The minimum atomic E-state index is 0. The molecule has 1 aromatic carbocycles. The third kappa shape index (κ3) is 13.2. The van der Waals surface area contributed by atoms with Crippen molar-refractivity contribution in [3.8, 4) is 0 Å². The molecule has 1 radical (unpaired) electrons. The van der Waals surface area contributed by atoms with Gasteiger partial charge in [0.05, 0.1) is 0 Å². The summed E-state index contributed by atoms with van der Waals surface area (Å²) in [5, 5.41) is 0. The molecule has 1 heteroatoms. The number of rotatable bonds is 13. The molecule has 0 nitrogen and oxygen atoms in total. The summed E-state index contributed by atoms with van der Waals surface area (Å²) in [6, 6.07) is 11.5. The van der Waals surface area contributed by atoms with Crippen LogP contribution in [0.15, 0.2) is 24.3 Å². The van der Waals surface area contributed by atoms with Crippen LogP contribution in [0.5, 0.6) is 0 Å². The molecule has 0 fully saturated rings. The van der Waals surface area contributed by atoms with Gasteiger partial charge in [-0.25, -0.2) is 0 Å². The van der Waals surface area contributed by atoms with Crippen molar-refractivity contribution >= 4 is 0 Å². The summed E-state index contributed by atoms with van der Waals surface area (Å²) in [5.74, 6) is 0. The fourth-order valence-electron chi connectivity index (χ4n) is 2.76. The van der Waals surface area contributed by atoms with Crippen LogP contribution in [-0.4, -0.2) is 0 Å². The summed E-state index contributed by atoms with van der Waals surface area (Å²) >= 11 is 0. The first kappa shape index (κ1) is 20.8. The van der Waals surface area contributed by atoms with Crippen LogP contribution in [0, 0.1) is 6.07 Å². The molecule has 0 aliphatic heterocycles. The molecule has 0 amide bonds. The van der Waals surface area contributed by atoms with E-state index in [-0.39, 0.29) is 19.5 Å². The molecule has 0 spiro atoms. The molecule has 1 rings (SSSR count). The largest absolute Gasteiger partial charge is 0.0654 e. The van der Waals surface area contributed by atoms with Gasteiger partial charge in [0, 0.05) is 19.5 Å². The average Bonchev–Trinajstić information content (AvgIpc) is 2.49. The van der Waals surface area contributed by atoms with E-state index in [1.54, 1.807) is 0 Å². The van der Waals surface area contributed by atoms with Crippen LogP contribution >= 0.6 is 0 Å². The minimum absolute atomic E-state index is 0. The number of unbranched alkanes of at least 4 members (excludes halogenated alkanes) is 11. The van der Waals surface area contributed by atoms with Gasteiger partial charge < -0.3 is 0 Å². The molecule has 1 aromatic rings. The summed E-state index contributed by atoms with van der Waals surface area (Å²) in [7, 11) is 0. The molecule has 0 atom stereocenters. The molecule has 115 valence electrons. The van der Waals surface area contributed by atoms with Gasteiger partial charge in [-0.05, 0) is 24.5 Å². The predicted molar refractivity (Wildman–Crippen MR) is 90.1 cm³/mol. The average molecular weight is 339 g/mol. The van der Waals surface area contributed by atoms with Crippen LogP contribution in [0.25, 0.3) is 0 Å². The van der Waals surface area contributed by atoms with Crippen LogP contribution in [0.2, 0.25) is 0 Å². The van der Waals surface area contributed by atoms with Crippen molar-refractivity contribution in [1.82, 2.24) is 0 Å². The molecule has 0 bridgehead atoms. The quantitative estimate of drug-likeness (QED) is 0.276. The molecule has 0 aliphatic rings. The zero-order valence-electron chi connectivity index (χ0n) is 14.2. The summed E-state index contributed by atoms with van der Waals surface area (Å²) in [6.07, 6.45) is 18.4. The second-order valence-corrected chi connectivity index (χ2v) is 6.05. The third-order valence-electron chi connectivity index (χ3n) is 4.11. The first-order valence-corrected chi connectivity index (χ1v) is 8.88. The van der Waals surface area contributed by atoms with E-state index in [4.69, 9.17) is 0 Å². The van der Waals surface area contributed by atoms with E-state index in [9.17, 15) is 0 Å². The maximum absolute atomic E-state index is 3.08. The van der Waals surface area contributed by atoms with Gasteiger partial charge in [-0.2, -0.15) is 0 Å². The molecule has 0 N–H and O–H groups in total. The van der Waals surface area contributed by atoms with Gasteiger partial charge in [0.15, 0.2) is 0 Å². The Morgan fingerprint density at radius 1 is 0.667 bits per heavy atom. The summed E-state index contributed by atoms with van der Waals surface area (Å²) < 4.78 is 0. The van der Waals surface area contributed by atoms with Crippen LogP contribution in [0.3, 0.4) is 0 Å². The normalized spacial score (nSPS) is 10.3. The van der Waals surface area contributed by atoms with Gasteiger partial charge >= 0.3 is 0 Å². The number of benzene rings is 1. The Labute approximate surface area is 145 Å². The van der Waals surface area contributed by atoms with Gasteiger partial charge in [0.25, 0.3) is 0 Å². The maximum atomic E-state index is 3.08. The number of hydrogen-bond acceptors (Lipinski definition) is 0. The molecule has 21 heavy (non-hydrogen) atoms. The Morgan fingerprint density at radius 2 is 1.10 bits per heavy atom. The van der Waals surface area contributed by atoms with E-state index in [1.807, 2.05) is 12.1 Å². The maximum Gasteiger partial charge on any atom is 0 e. The van der Waals surface area contributed by atoms with Crippen LogP contribution in [0.1, 0.15) is 89.5 Å². The molecule has 0 aliphatic carbocycles. The molecule has 0 saturated carbocycles. The SMILES string of the molecule is CCCCCCCCCCCCCCc1cc[c]cc1.[Zn]. The zero-order chi connectivity index (χ0) is 14.3. The van der Waals surface area contributed by atoms with E-state index >= 15 is 0 Å². The van der Waals surface area contributed by atoms with Gasteiger partial charge in [-0.3, -0.25) is 0 Å². The Balaban J connectivity index is 0.00000400. The number of aryl methyl sites for hydroxylation is 1. The van der Waals surface area contributed by atoms with E-state index in [0.29, 0.717) is 0 Å². The van der Waals surface area contributed by atoms with Crippen molar-refractivity contribution in [3.05, 3.63) is 35.9 Å². The topological polar surface area (TPSA) is 0 Å². The molecule has 0 unspecified atom stereocenters. The van der Waals surface area contributed by atoms with Crippen molar-refractivity contribution in [2.24, 2.45) is 0 Å². The minimum Gasteiger partial charge on any atom is -0.0654 e. The van der Waals surface area contributed by atoms with E-state index < -0.39 is 0 Å². The summed E-state index contributed by atoms with van der Waals surface area (Å²) in [5.41, 5.74) is 1.47. The van der Waals surface area contributed by atoms with E-state index in [2.05, 4.69) is 25.1 Å². The van der Waals surface area contributed by atoms with Crippen molar-refractivity contribution in [3.63, 3.8) is 0 Å². The molecular formula is C20H33Zn. The molecular weight excluding hydrogens is 306 g/mol. The van der Waals surface area contributed by atoms with E-state index in [0.717, 1.165) is 0 Å². The second-order valence-electron chi connectivity index (χ2n) is 6.05. The van der Waals surface area contributed by atoms with Crippen molar-refractivity contribution in [1.29, 1.82) is 0 Å².